The van der Waals surface area contributed by atoms with Gasteiger partial charge in [0.25, 0.3) is 5.91 Å². The molecule has 11 heteroatoms. The molecule has 0 aromatic heterocycles. The van der Waals surface area contributed by atoms with Crippen molar-refractivity contribution >= 4 is 35.9 Å². The summed E-state index contributed by atoms with van der Waals surface area (Å²) >= 11 is 0. The third-order valence-electron chi connectivity index (χ3n) is 7.01. The maximum atomic E-state index is 13.4. The monoisotopic (exact) mass is 548 g/mol. The zero-order chi connectivity index (χ0) is 29.3. The van der Waals surface area contributed by atoms with Crippen molar-refractivity contribution in [1.82, 2.24) is 5.32 Å². The van der Waals surface area contributed by atoms with Crippen molar-refractivity contribution in [2.24, 2.45) is 17.8 Å². The van der Waals surface area contributed by atoms with Gasteiger partial charge in [-0.15, -0.1) is 0 Å². The van der Waals surface area contributed by atoms with Crippen LogP contribution in [0.2, 0.25) is 0 Å². The van der Waals surface area contributed by atoms with Gasteiger partial charge in [0.2, 0.25) is 6.41 Å². The molecule has 1 aliphatic heterocycles. The molecule has 3 N–H and O–H groups in total. The fourth-order valence-electron chi connectivity index (χ4n) is 4.21. The van der Waals surface area contributed by atoms with Crippen LogP contribution in [-0.2, 0) is 33.4 Å². The summed E-state index contributed by atoms with van der Waals surface area (Å²) in [6, 6.07) is 2.70. The van der Waals surface area contributed by atoms with E-state index in [0.29, 0.717) is 19.3 Å². The summed E-state index contributed by atoms with van der Waals surface area (Å²) < 4.78 is 17.0. The first-order valence-electron chi connectivity index (χ1n) is 13.4. The van der Waals surface area contributed by atoms with Gasteiger partial charge in [-0.05, 0) is 38.3 Å². The third kappa shape index (κ3) is 8.18. The number of phenols is 1. The molecule has 0 bridgehead atoms. The maximum absolute atomic E-state index is 13.4. The fourth-order valence-corrected chi connectivity index (χ4v) is 4.21. The zero-order valence-corrected chi connectivity index (χ0v) is 23.4. The van der Waals surface area contributed by atoms with Gasteiger partial charge in [-0.2, -0.15) is 0 Å². The Labute approximate surface area is 228 Å². The molecule has 2 rings (SSSR count). The Morgan fingerprint density at radius 1 is 1.08 bits per heavy atom. The normalized spacial score (nSPS) is 24.3. The Morgan fingerprint density at radius 2 is 1.74 bits per heavy atom. The van der Waals surface area contributed by atoms with E-state index < -0.39 is 65.8 Å². The van der Waals surface area contributed by atoms with Crippen molar-refractivity contribution in [3.05, 3.63) is 23.8 Å². The molecule has 1 fully saturated rings. The SMILES string of the molecule is CCCCCC1C(=O)OC(C)C(NC(=O)c2cccc(NC=O)c2O)C(=O)OC(C)C1OC(=O)C(C)C(C)C. The number of aromatic hydroxyl groups is 1. The van der Waals surface area contributed by atoms with Gasteiger partial charge >= 0.3 is 17.9 Å². The van der Waals surface area contributed by atoms with Crippen LogP contribution in [0.15, 0.2) is 18.2 Å². The summed E-state index contributed by atoms with van der Waals surface area (Å²) in [6.45, 7) is 10.5. The number of ether oxygens (including phenoxy) is 3. The average molecular weight is 549 g/mol. The number of carbonyl (C=O) groups is 5. The minimum absolute atomic E-state index is 0.00186. The van der Waals surface area contributed by atoms with Gasteiger partial charge in [-0.3, -0.25) is 19.2 Å². The largest absolute Gasteiger partial charge is 0.505 e. The predicted octanol–water partition coefficient (Wildman–Crippen LogP) is 3.34. The van der Waals surface area contributed by atoms with Gasteiger partial charge in [-0.1, -0.05) is 53.0 Å². The topological polar surface area (TPSA) is 157 Å². The number of amides is 2. The van der Waals surface area contributed by atoms with Crippen molar-refractivity contribution in [2.75, 3.05) is 5.32 Å². The average Bonchev–Trinajstić information content (AvgIpc) is 2.90. The number of rotatable bonds is 11. The number of benzene rings is 1. The Balaban J connectivity index is 2.37. The van der Waals surface area contributed by atoms with E-state index in [1.807, 2.05) is 20.8 Å². The van der Waals surface area contributed by atoms with Crippen LogP contribution in [0, 0.1) is 17.8 Å². The Bertz CT molecular complexity index is 1040. The molecule has 1 aromatic rings. The number of nitrogens with one attached hydrogen (secondary N) is 2. The molecule has 1 aliphatic rings. The van der Waals surface area contributed by atoms with Crippen molar-refractivity contribution in [2.45, 2.75) is 91.6 Å². The molecule has 1 saturated heterocycles. The van der Waals surface area contributed by atoms with Crippen molar-refractivity contribution in [3.8, 4) is 5.75 Å². The van der Waals surface area contributed by atoms with Crippen LogP contribution in [0.3, 0.4) is 0 Å². The van der Waals surface area contributed by atoms with Crippen LogP contribution in [0.1, 0.15) is 77.6 Å². The molecule has 39 heavy (non-hydrogen) atoms. The lowest BCUT2D eigenvalue weighted by atomic mass is 9.91. The second kappa shape index (κ2) is 14.5. The molecule has 0 aliphatic carbocycles. The van der Waals surface area contributed by atoms with Gasteiger partial charge in [-0.25, -0.2) is 4.79 Å². The predicted molar refractivity (Wildman–Crippen MR) is 142 cm³/mol. The number of hydrogen-bond acceptors (Lipinski definition) is 9. The number of anilines is 1. The molecule has 6 atom stereocenters. The van der Waals surface area contributed by atoms with E-state index in [1.54, 1.807) is 6.92 Å². The van der Waals surface area contributed by atoms with E-state index in [9.17, 15) is 29.1 Å². The summed E-state index contributed by atoms with van der Waals surface area (Å²) in [7, 11) is 0. The summed E-state index contributed by atoms with van der Waals surface area (Å²) in [5, 5.41) is 15.1. The van der Waals surface area contributed by atoms with E-state index in [1.165, 1.54) is 32.0 Å². The van der Waals surface area contributed by atoms with E-state index in [2.05, 4.69) is 10.6 Å². The highest BCUT2D eigenvalue weighted by Crippen LogP contribution is 2.29. The summed E-state index contributed by atoms with van der Waals surface area (Å²) in [6.07, 6.45) is -0.115. The molecule has 6 unspecified atom stereocenters. The lowest BCUT2D eigenvalue weighted by Gasteiger charge is -2.30. The number of unbranched alkanes of at least 4 members (excludes halogenated alkanes) is 2. The highest BCUT2D eigenvalue weighted by molar-refractivity contribution is 6.01. The minimum atomic E-state index is -1.42. The van der Waals surface area contributed by atoms with Crippen molar-refractivity contribution in [3.63, 3.8) is 0 Å². The maximum Gasteiger partial charge on any atom is 0.332 e. The molecule has 1 heterocycles. The molecule has 0 spiro atoms. The second-order valence-corrected chi connectivity index (χ2v) is 10.2. The molecule has 0 saturated carbocycles. The van der Waals surface area contributed by atoms with E-state index >= 15 is 0 Å². The fraction of sp³-hybridized carbons (Fsp3) is 0.607. The van der Waals surface area contributed by atoms with Gasteiger partial charge < -0.3 is 30.0 Å². The molecule has 2 amide bonds. The van der Waals surface area contributed by atoms with Crippen LogP contribution in [0.4, 0.5) is 5.69 Å². The first-order chi connectivity index (χ1) is 18.4. The number of hydrogen-bond donors (Lipinski definition) is 3. The van der Waals surface area contributed by atoms with Gasteiger partial charge in [0, 0.05) is 0 Å². The Morgan fingerprint density at radius 3 is 2.36 bits per heavy atom. The lowest BCUT2D eigenvalue weighted by Crippen LogP contribution is -2.50. The number of cyclic esters (lactones) is 2. The molecule has 0 radical (unpaired) electrons. The van der Waals surface area contributed by atoms with Gasteiger partial charge in [0.1, 0.15) is 12.2 Å². The highest BCUT2D eigenvalue weighted by Gasteiger charge is 2.44. The molecular weight excluding hydrogens is 508 g/mol. The van der Waals surface area contributed by atoms with Crippen molar-refractivity contribution in [1.29, 1.82) is 0 Å². The van der Waals surface area contributed by atoms with Crippen LogP contribution >= 0.6 is 0 Å². The van der Waals surface area contributed by atoms with E-state index in [0.717, 1.165) is 12.8 Å². The minimum Gasteiger partial charge on any atom is -0.505 e. The number of esters is 3. The van der Waals surface area contributed by atoms with Gasteiger partial charge in [0.15, 0.2) is 17.9 Å². The lowest BCUT2D eigenvalue weighted by molar-refractivity contribution is -0.178. The Hall–Kier alpha value is -3.63. The van der Waals surface area contributed by atoms with E-state index in [-0.39, 0.29) is 17.2 Å². The van der Waals surface area contributed by atoms with Gasteiger partial charge in [0.05, 0.1) is 23.1 Å². The quantitative estimate of drug-likeness (QED) is 0.124. The standard InChI is InChI=1S/C28H40N2O9/c1-7-8-9-11-20-24(39-26(34)16(4)15(2)3)18(6)38-28(36)22(17(5)37-27(20)35)30-25(33)19-12-10-13-21(23(19)32)29-14-31/h10,12-18,20,22,24,32H,7-9,11H2,1-6H3,(H,29,31)(H,30,33). The van der Waals surface area contributed by atoms with Crippen LogP contribution < -0.4 is 10.6 Å². The number of carbonyl (C=O) groups excluding carboxylic acids is 5. The third-order valence-corrected chi connectivity index (χ3v) is 7.01. The molecular formula is C28H40N2O9. The number of phenolic OH excluding ortho intramolecular Hbond substituents is 1. The van der Waals surface area contributed by atoms with E-state index in [4.69, 9.17) is 14.2 Å². The summed E-state index contributed by atoms with van der Waals surface area (Å²) in [5.41, 5.74) is -0.217. The molecule has 216 valence electrons. The first kappa shape index (κ1) is 31.6. The smallest absolute Gasteiger partial charge is 0.332 e. The second-order valence-electron chi connectivity index (χ2n) is 10.2. The Kier molecular flexibility index (Phi) is 11.7. The number of para-hydroxylation sites is 1. The zero-order valence-electron chi connectivity index (χ0n) is 23.4. The van der Waals surface area contributed by atoms with Crippen LogP contribution in [-0.4, -0.2) is 59.7 Å². The first-order valence-corrected chi connectivity index (χ1v) is 13.4. The summed E-state index contributed by atoms with van der Waals surface area (Å²) in [5.74, 6) is -4.77. The van der Waals surface area contributed by atoms with Crippen LogP contribution in [0.5, 0.6) is 5.75 Å². The van der Waals surface area contributed by atoms with Crippen molar-refractivity contribution < 1.29 is 43.3 Å². The molecule has 11 nitrogen and oxygen atoms in total. The van der Waals surface area contributed by atoms with Crippen LogP contribution in [0.25, 0.3) is 0 Å². The molecule has 1 aromatic carbocycles. The summed E-state index contributed by atoms with van der Waals surface area (Å²) in [4.78, 5) is 63.2. The highest BCUT2D eigenvalue weighted by atomic mass is 16.6.